The van der Waals surface area contributed by atoms with Crippen molar-refractivity contribution >= 4 is 15.8 Å². The average Bonchev–Trinajstić information content (AvgIpc) is 2.97. The fourth-order valence-corrected chi connectivity index (χ4v) is 2.69. The molecule has 0 atom stereocenters. The van der Waals surface area contributed by atoms with Gasteiger partial charge in [0.25, 0.3) is 0 Å². The van der Waals surface area contributed by atoms with E-state index in [-0.39, 0.29) is 4.90 Å². The van der Waals surface area contributed by atoms with Crippen LogP contribution >= 0.6 is 0 Å². The first-order valence-corrected chi connectivity index (χ1v) is 7.72. The summed E-state index contributed by atoms with van der Waals surface area (Å²) in [6, 6.07) is 3.14. The number of H-pyrrole nitrogens is 1. The Morgan fingerprint density at radius 3 is 2.75 bits per heavy atom. The molecule has 0 radical (unpaired) electrons. The van der Waals surface area contributed by atoms with E-state index in [1.54, 1.807) is 25.5 Å². The van der Waals surface area contributed by atoms with Crippen molar-refractivity contribution in [2.75, 3.05) is 18.9 Å². The molecule has 0 fully saturated rings. The maximum atomic E-state index is 12.0. The summed E-state index contributed by atoms with van der Waals surface area (Å²) < 4.78 is 26.5. The van der Waals surface area contributed by atoms with Gasteiger partial charge in [-0.05, 0) is 18.6 Å². The predicted molar refractivity (Wildman–Crippen MR) is 75.9 cm³/mol. The van der Waals surface area contributed by atoms with Crippen LogP contribution in [0, 0.1) is 0 Å². The number of hydrogen-bond acceptors (Lipinski definition) is 5. The molecule has 8 heteroatoms. The second kappa shape index (κ2) is 6.49. The summed E-state index contributed by atoms with van der Waals surface area (Å²) in [5, 5.41) is 2.84. The zero-order valence-electron chi connectivity index (χ0n) is 11.1. The molecule has 0 aromatic carbocycles. The molecule has 2 rings (SSSR count). The van der Waals surface area contributed by atoms with Crippen LogP contribution in [0.1, 0.15) is 12.2 Å². The fourth-order valence-electron chi connectivity index (χ4n) is 1.67. The SMILES string of the molecule is CNc1ccc(S(=O)(=O)NCCCc2ncc[nH]2)cn1. The maximum Gasteiger partial charge on any atom is 0.242 e. The third kappa shape index (κ3) is 3.78. The van der Waals surface area contributed by atoms with Crippen molar-refractivity contribution in [3.05, 3.63) is 36.5 Å². The number of pyridine rings is 1. The minimum Gasteiger partial charge on any atom is -0.373 e. The molecule has 0 spiro atoms. The van der Waals surface area contributed by atoms with Gasteiger partial charge in [0.1, 0.15) is 16.5 Å². The normalized spacial score (nSPS) is 11.4. The smallest absolute Gasteiger partial charge is 0.242 e. The largest absolute Gasteiger partial charge is 0.373 e. The highest BCUT2D eigenvalue weighted by Gasteiger charge is 2.13. The molecule has 0 aliphatic heterocycles. The zero-order valence-corrected chi connectivity index (χ0v) is 11.9. The summed E-state index contributed by atoms with van der Waals surface area (Å²) in [6.07, 6.45) is 6.13. The van der Waals surface area contributed by atoms with E-state index in [4.69, 9.17) is 0 Å². The van der Waals surface area contributed by atoms with Crippen molar-refractivity contribution in [1.82, 2.24) is 19.7 Å². The summed E-state index contributed by atoms with van der Waals surface area (Å²) in [6.45, 7) is 0.358. The molecule has 7 nitrogen and oxygen atoms in total. The quantitative estimate of drug-likeness (QED) is 0.655. The Kier molecular flexibility index (Phi) is 4.70. The van der Waals surface area contributed by atoms with Crippen LogP contribution < -0.4 is 10.0 Å². The van der Waals surface area contributed by atoms with E-state index in [1.807, 2.05) is 0 Å². The van der Waals surface area contributed by atoms with Gasteiger partial charge < -0.3 is 10.3 Å². The molecule has 0 aliphatic rings. The van der Waals surface area contributed by atoms with Gasteiger partial charge in [-0.1, -0.05) is 0 Å². The highest BCUT2D eigenvalue weighted by Crippen LogP contribution is 2.10. The average molecular weight is 295 g/mol. The highest BCUT2D eigenvalue weighted by molar-refractivity contribution is 7.89. The lowest BCUT2D eigenvalue weighted by molar-refractivity contribution is 0.578. The number of rotatable bonds is 7. The van der Waals surface area contributed by atoms with Crippen molar-refractivity contribution in [3.8, 4) is 0 Å². The molecule has 2 heterocycles. The number of aryl methyl sites for hydroxylation is 1. The van der Waals surface area contributed by atoms with Crippen LogP contribution in [-0.2, 0) is 16.4 Å². The Labute approximate surface area is 117 Å². The first-order valence-electron chi connectivity index (χ1n) is 6.23. The summed E-state index contributed by atoms with van der Waals surface area (Å²) in [7, 11) is -1.77. The van der Waals surface area contributed by atoms with Crippen LogP contribution in [0.5, 0.6) is 0 Å². The standard InChI is InChI=1S/C12H17N5O2S/c1-13-11-5-4-10(9-16-11)20(18,19)17-6-2-3-12-14-7-8-15-12/h4-5,7-9,17H,2-3,6H2,1H3,(H,13,16)(H,14,15). The third-order valence-electron chi connectivity index (χ3n) is 2.74. The molecule has 0 amide bonds. The monoisotopic (exact) mass is 295 g/mol. The Balaban J connectivity index is 1.86. The minimum absolute atomic E-state index is 0.162. The van der Waals surface area contributed by atoms with Crippen molar-refractivity contribution in [2.24, 2.45) is 0 Å². The number of nitrogens with zero attached hydrogens (tertiary/aromatic N) is 2. The fraction of sp³-hybridized carbons (Fsp3) is 0.333. The molecule has 2 aromatic rings. The van der Waals surface area contributed by atoms with Crippen LogP contribution in [0.3, 0.4) is 0 Å². The van der Waals surface area contributed by atoms with E-state index in [2.05, 4.69) is 25.0 Å². The lowest BCUT2D eigenvalue weighted by Crippen LogP contribution is -2.25. The summed E-state index contributed by atoms with van der Waals surface area (Å²) >= 11 is 0. The van der Waals surface area contributed by atoms with Gasteiger partial charge in [-0.2, -0.15) is 0 Å². The van der Waals surface area contributed by atoms with E-state index in [9.17, 15) is 8.42 Å². The van der Waals surface area contributed by atoms with Crippen molar-refractivity contribution in [1.29, 1.82) is 0 Å². The van der Waals surface area contributed by atoms with Gasteiger partial charge in [-0.15, -0.1) is 0 Å². The van der Waals surface area contributed by atoms with Gasteiger partial charge in [0.2, 0.25) is 10.0 Å². The zero-order chi connectivity index (χ0) is 14.4. The Bertz CT molecular complexity index is 622. The lowest BCUT2D eigenvalue weighted by atomic mass is 10.3. The minimum atomic E-state index is -3.50. The molecule has 0 saturated heterocycles. The molecular weight excluding hydrogens is 278 g/mol. The van der Waals surface area contributed by atoms with E-state index < -0.39 is 10.0 Å². The van der Waals surface area contributed by atoms with Crippen LogP contribution in [0.25, 0.3) is 0 Å². The van der Waals surface area contributed by atoms with Crippen LogP contribution in [-0.4, -0.2) is 37.0 Å². The van der Waals surface area contributed by atoms with Gasteiger partial charge in [0.15, 0.2) is 0 Å². The molecule has 0 aliphatic carbocycles. The molecule has 3 N–H and O–H groups in total. The molecular formula is C12H17N5O2S. The van der Waals surface area contributed by atoms with Gasteiger partial charge in [0.05, 0.1) is 0 Å². The van der Waals surface area contributed by atoms with E-state index in [1.165, 1.54) is 12.3 Å². The van der Waals surface area contributed by atoms with Crippen LogP contribution in [0.4, 0.5) is 5.82 Å². The highest BCUT2D eigenvalue weighted by atomic mass is 32.2. The Morgan fingerprint density at radius 1 is 1.30 bits per heavy atom. The van der Waals surface area contributed by atoms with E-state index in [0.29, 0.717) is 25.2 Å². The van der Waals surface area contributed by atoms with Crippen molar-refractivity contribution in [3.63, 3.8) is 0 Å². The molecule has 0 unspecified atom stereocenters. The summed E-state index contributed by atoms with van der Waals surface area (Å²) in [5.41, 5.74) is 0. The first-order chi connectivity index (χ1) is 9.62. The lowest BCUT2D eigenvalue weighted by Gasteiger charge is -2.06. The van der Waals surface area contributed by atoms with Gasteiger partial charge in [0, 0.05) is 38.6 Å². The summed E-state index contributed by atoms with van der Waals surface area (Å²) in [4.78, 5) is 11.2. The number of hydrogen-bond donors (Lipinski definition) is 3. The van der Waals surface area contributed by atoms with E-state index in [0.717, 1.165) is 5.82 Å². The topological polar surface area (TPSA) is 99.8 Å². The number of anilines is 1. The number of sulfonamides is 1. The van der Waals surface area contributed by atoms with Gasteiger partial charge in [-0.3, -0.25) is 0 Å². The molecule has 2 aromatic heterocycles. The van der Waals surface area contributed by atoms with Crippen molar-refractivity contribution < 1.29 is 8.42 Å². The predicted octanol–water partition coefficient (Wildman–Crippen LogP) is 0.757. The van der Waals surface area contributed by atoms with Crippen LogP contribution in [0.2, 0.25) is 0 Å². The second-order valence-electron chi connectivity index (χ2n) is 4.17. The number of aromatic amines is 1. The maximum absolute atomic E-state index is 12.0. The number of aromatic nitrogens is 3. The van der Waals surface area contributed by atoms with Crippen molar-refractivity contribution in [2.45, 2.75) is 17.7 Å². The molecule has 20 heavy (non-hydrogen) atoms. The molecule has 108 valence electrons. The van der Waals surface area contributed by atoms with Gasteiger partial charge >= 0.3 is 0 Å². The third-order valence-corrected chi connectivity index (χ3v) is 4.19. The molecule has 0 saturated carbocycles. The number of nitrogens with one attached hydrogen (secondary N) is 3. The van der Waals surface area contributed by atoms with E-state index >= 15 is 0 Å². The van der Waals surface area contributed by atoms with Gasteiger partial charge in [-0.25, -0.2) is 23.1 Å². The Morgan fingerprint density at radius 2 is 2.15 bits per heavy atom. The Hall–Kier alpha value is -1.93. The first kappa shape index (κ1) is 14.5. The number of imidazole rings is 1. The molecule has 0 bridgehead atoms. The summed E-state index contributed by atoms with van der Waals surface area (Å²) in [5.74, 6) is 1.48. The van der Waals surface area contributed by atoms with Crippen LogP contribution in [0.15, 0.2) is 35.6 Å². The second-order valence-corrected chi connectivity index (χ2v) is 5.93.